The van der Waals surface area contributed by atoms with Gasteiger partial charge in [-0.05, 0) is 19.4 Å². The van der Waals surface area contributed by atoms with Crippen LogP contribution in [0.1, 0.15) is 25.0 Å². The van der Waals surface area contributed by atoms with E-state index in [0.717, 1.165) is 35.7 Å². The lowest BCUT2D eigenvalue weighted by molar-refractivity contribution is -0.121. The highest BCUT2D eigenvalue weighted by Gasteiger charge is 2.17. The van der Waals surface area contributed by atoms with Crippen molar-refractivity contribution < 1.29 is 4.79 Å². The van der Waals surface area contributed by atoms with Gasteiger partial charge in [0.1, 0.15) is 5.01 Å². The fourth-order valence-electron chi connectivity index (χ4n) is 2.69. The van der Waals surface area contributed by atoms with Gasteiger partial charge in [0.15, 0.2) is 0 Å². The normalized spacial score (nSPS) is 16.8. The number of carbonyl (C=O) groups excluding carboxylic acids is 1. The Kier molecular flexibility index (Phi) is 7.02. The monoisotopic (exact) mass is 351 g/mol. The molecular formula is C17H22ClN3OS. The Morgan fingerprint density at radius 1 is 1.35 bits per heavy atom. The van der Waals surface area contributed by atoms with Crippen molar-refractivity contribution in [3.63, 3.8) is 0 Å². The van der Waals surface area contributed by atoms with Crippen LogP contribution >= 0.6 is 23.7 Å². The molecule has 1 saturated heterocycles. The van der Waals surface area contributed by atoms with E-state index in [1.54, 1.807) is 11.3 Å². The van der Waals surface area contributed by atoms with Crippen LogP contribution in [0.4, 0.5) is 0 Å². The molecule has 0 spiro atoms. The van der Waals surface area contributed by atoms with Crippen LogP contribution in [0.15, 0.2) is 35.7 Å². The van der Waals surface area contributed by atoms with Crippen molar-refractivity contribution >= 4 is 29.7 Å². The molecule has 0 radical (unpaired) electrons. The number of hydrogen-bond acceptors (Lipinski definition) is 4. The van der Waals surface area contributed by atoms with E-state index in [4.69, 9.17) is 0 Å². The molecule has 1 fully saturated rings. The zero-order valence-electron chi connectivity index (χ0n) is 13.0. The zero-order valence-corrected chi connectivity index (χ0v) is 14.6. The SMILES string of the molecule is Cl.O=C(CC1CCCN1)NCCc1csc(-c2ccccc2)n1. The van der Waals surface area contributed by atoms with Crippen LogP contribution < -0.4 is 10.6 Å². The summed E-state index contributed by atoms with van der Waals surface area (Å²) in [6, 6.07) is 10.6. The van der Waals surface area contributed by atoms with Gasteiger partial charge < -0.3 is 10.6 Å². The van der Waals surface area contributed by atoms with Crippen LogP contribution in [0.2, 0.25) is 0 Å². The lowest BCUT2D eigenvalue weighted by Gasteiger charge is -2.09. The molecule has 1 aliphatic heterocycles. The highest BCUT2D eigenvalue weighted by Crippen LogP contribution is 2.23. The summed E-state index contributed by atoms with van der Waals surface area (Å²) in [6.45, 7) is 1.70. The van der Waals surface area contributed by atoms with Gasteiger partial charge in [0.25, 0.3) is 0 Å². The van der Waals surface area contributed by atoms with E-state index in [9.17, 15) is 4.79 Å². The molecule has 1 aliphatic rings. The highest BCUT2D eigenvalue weighted by atomic mass is 35.5. The zero-order chi connectivity index (χ0) is 15.2. The fourth-order valence-corrected chi connectivity index (χ4v) is 3.55. The summed E-state index contributed by atoms with van der Waals surface area (Å²) >= 11 is 1.65. The molecule has 2 N–H and O–H groups in total. The van der Waals surface area contributed by atoms with E-state index >= 15 is 0 Å². The number of aromatic nitrogens is 1. The number of benzene rings is 1. The van der Waals surface area contributed by atoms with Gasteiger partial charge in [-0.15, -0.1) is 23.7 Å². The van der Waals surface area contributed by atoms with Crippen molar-refractivity contribution in [1.82, 2.24) is 15.6 Å². The van der Waals surface area contributed by atoms with Gasteiger partial charge in [-0.3, -0.25) is 4.79 Å². The summed E-state index contributed by atoms with van der Waals surface area (Å²) in [7, 11) is 0. The second-order valence-electron chi connectivity index (χ2n) is 5.61. The number of halogens is 1. The van der Waals surface area contributed by atoms with E-state index in [2.05, 4.69) is 33.1 Å². The summed E-state index contributed by atoms with van der Waals surface area (Å²) in [5.41, 5.74) is 2.19. The Bertz CT molecular complexity index is 611. The standard InChI is InChI=1S/C17H21N3OS.ClH/c21-16(11-14-7-4-9-18-14)19-10-8-15-12-22-17(20-15)13-5-2-1-3-6-13;/h1-3,5-6,12,14,18H,4,7-11H2,(H,19,21);1H. The molecular weight excluding hydrogens is 330 g/mol. The smallest absolute Gasteiger partial charge is 0.221 e. The van der Waals surface area contributed by atoms with Crippen LogP contribution in [0, 0.1) is 0 Å². The lowest BCUT2D eigenvalue weighted by Crippen LogP contribution is -2.32. The van der Waals surface area contributed by atoms with Crippen molar-refractivity contribution in [1.29, 1.82) is 0 Å². The van der Waals surface area contributed by atoms with Crippen molar-refractivity contribution in [2.24, 2.45) is 0 Å². The molecule has 1 atom stereocenters. The minimum atomic E-state index is 0. The van der Waals surface area contributed by atoms with Crippen LogP contribution in [-0.4, -0.2) is 30.0 Å². The van der Waals surface area contributed by atoms with Crippen LogP contribution in [0.3, 0.4) is 0 Å². The van der Waals surface area contributed by atoms with E-state index in [-0.39, 0.29) is 18.3 Å². The van der Waals surface area contributed by atoms with Gasteiger partial charge in [0, 0.05) is 36.4 Å². The maximum absolute atomic E-state index is 11.8. The van der Waals surface area contributed by atoms with Gasteiger partial charge in [0.05, 0.1) is 5.69 Å². The maximum atomic E-state index is 11.8. The number of hydrogen-bond donors (Lipinski definition) is 2. The van der Waals surface area contributed by atoms with E-state index < -0.39 is 0 Å². The first kappa shape index (κ1) is 17.9. The molecule has 1 aromatic carbocycles. The van der Waals surface area contributed by atoms with E-state index in [0.29, 0.717) is 19.0 Å². The molecule has 124 valence electrons. The van der Waals surface area contributed by atoms with Gasteiger partial charge in [-0.25, -0.2) is 4.98 Å². The van der Waals surface area contributed by atoms with Gasteiger partial charge >= 0.3 is 0 Å². The Morgan fingerprint density at radius 3 is 2.91 bits per heavy atom. The van der Waals surface area contributed by atoms with Crippen molar-refractivity contribution in [2.45, 2.75) is 31.7 Å². The highest BCUT2D eigenvalue weighted by molar-refractivity contribution is 7.13. The predicted octanol–water partition coefficient (Wildman–Crippen LogP) is 3.03. The molecule has 4 nitrogen and oxygen atoms in total. The first-order valence-electron chi connectivity index (χ1n) is 7.81. The second-order valence-corrected chi connectivity index (χ2v) is 6.47. The number of nitrogens with one attached hydrogen (secondary N) is 2. The minimum absolute atomic E-state index is 0. The Hall–Kier alpha value is -1.43. The maximum Gasteiger partial charge on any atom is 0.221 e. The quantitative estimate of drug-likeness (QED) is 0.841. The van der Waals surface area contributed by atoms with Gasteiger partial charge in [-0.2, -0.15) is 0 Å². The summed E-state index contributed by atoms with van der Waals surface area (Å²) in [5, 5.41) is 9.45. The number of rotatable bonds is 6. The largest absolute Gasteiger partial charge is 0.356 e. The Labute approximate surface area is 147 Å². The lowest BCUT2D eigenvalue weighted by atomic mass is 10.1. The molecule has 3 rings (SSSR count). The molecule has 6 heteroatoms. The van der Waals surface area contributed by atoms with Crippen molar-refractivity contribution in [3.8, 4) is 10.6 Å². The molecule has 0 bridgehead atoms. The molecule has 1 amide bonds. The van der Waals surface area contributed by atoms with Crippen LogP contribution in [-0.2, 0) is 11.2 Å². The fraction of sp³-hybridized carbons (Fsp3) is 0.412. The molecule has 0 aliphatic carbocycles. The molecule has 23 heavy (non-hydrogen) atoms. The third-order valence-electron chi connectivity index (χ3n) is 3.87. The first-order chi connectivity index (χ1) is 10.8. The third kappa shape index (κ3) is 5.30. The Balaban J connectivity index is 0.00000192. The van der Waals surface area contributed by atoms with E-state index in [1.807, 2.05) is 18.2 Å². The summed E-state index contributed by atoms with van der Waals surface area (Å²) in [6.07, 6.45) is 3.67. The van der Waals surface area contributed by atoms with E-state index in [1.165, 1.54) is 6.42 Å². The van der Waals surface area contributed by atoms with Crippen LogP contribution in [0.5, 0.6) is 0 Å². The minimum Gasteiger partial charge on any atom is -0.356 e. The number of carbonyl (C=O) groups is 1. The third-order valence-corrected chi connectivity index (χ3v) is 4.81. The Morgan fingerprint density at radius 2 is 2.17 bits per heavy atom. The number of thiazole rings is 1. The van der Waals surface area contributed by atoms with Crippen molar-refractivity contribution in [3.05, 3.63) is 41.4 Å². The molecule has 2 heterocycles. The van der Waals surface area contributed by atoms with Gasteiger partial charge in [0.2, 0.25) is 5.91 Å². The number of nitrogens with zero attached hydrogens (tertiary/aromatic N) is 1. The molecule has 1 aromatic heterocycles. The van der Waals surface area contributed by atoms with Crippen LogP contribution in [0.25, 0.3) is 10.6 Å². The predicted molar refractivity (Wildman–Crippen MR) is 97.2 cm³/mol. The summed E-state index contributed by atoms with van der Waals surface area (Å²) in [5.74, 6) is 0.137. The number of amides is 1. The molecule has 0 saturated carbocycles. The first-order valence-corrected chi connectivity index (χ1v) is 8.69. The second kappa shape index (κ2) is 9.01. The van der Waals surface area contributed by atoms with Crippen molar-refractivity contribution in [2.75, 3.05) is 13.1 Å². The average molecular weight is 352 g/mol. The topological polar surface area (TPSA) is 54.0 Å². The summed E-state index contributed by atoms with van der Waals surface area (Å²) in [4.78, 5) is 16.5. The molecule has 1 unspecified atom stereocenters. The molecule has 2 aromatic rings. The summed E-state index contributed by atoms with van der Waals surface area (Å²) < 4.78 is 0. The average Bonchev–Trinajstić information content (AvgIpc) is 3.20. The van der Waals surface area contributed by atoms with Gasteiger partial charge in [-0.1, -0.05) is 30.3 Å².